The lowest BCUT2D eigenvalue weighted by Gasteiger charge is -2.26. The zero-order chi connectivity index (χ0) is 26.5. The van der Waals surface area contributed by atoms with Crippen molar-refractivity contribution in [2.24, 2.45) is 28.3 Å². The van der Waals surface area contributed by atoms with Crippen LogP contribution in [0.4, 0.5) is 0 Å². The average molecular weight is 513 g/mol. The Bertz CT molecular complexity index is 1260. The summed E-state index contributed by atoms with van der Waals surface area (Å²) in [6, 6.07) is 17.8. The molecule has 0 amide bonds. The Morgan fingerprint density at radius 2 is 1.71 bits per heavy atom. The van der Waals surface area contributed by atoms with Gasteiger partial charge in [0.05, 0.1) is 6.04 Å². The number of hydrogen-bond acceptors (Lipinski definition) is 2. The van der Waals surface area contributed by atoms with Crippen molar-refractivity contribution in [3.05, 3.63) is 71.4 Å². The number of fused-ring (bicyclic) bond motifs is 1. The minimum Gasteiger partial charge on any atom is -0.370 e. The Morgan fingerprint density at radius 3 is 2.45 bits per heavy atom. The number of rotatable bonds is 9. The van der Waals surface area contributed by atoms with Gasteiger partial charge in [0.25, 0.3) is 0 Å². The fourth-order valence-electron chi connectivity index (χ4n) is 6.97. The molecule has 5 nitrogen and oxygen atoms in total. The normalized spacial score (nSPS) is 21.3. The monoisotopic (exact) mass is 512 g/mol. The first-order chi connectivity index (χ1) is 18.5. The van der Waals surface area contributed by atoms with Crippen LogP contribution in [0.5, 0.6) is 0 Å². The summed E-state index contributed by atoms with van der Waals surface area (Å²) in [4.78, 5) is 17.9. The van der Waals surface area contributed by atoms with Crippen molar-refractivity contribution in [2.75, 3.05) is 0 Å². The molecule has 2 fully saturated rings. The number of aromatic nitrogens is 1. The summed E-state index contributed by atoms with van der Waals surface area (Å²) in [5.41, 5.74) is 16.2. The Morgan fingerprint density at radius 1 is 0.947 bits per heavy atom. The minimum atomic E-state index is 0.0675. The van der Waals surface area contributed by atoms with Crippen LogP contribution in [0, 0.1) is 18.8 Å². The molecule has 5 heteroatoms. The molecule has 1 aromatic heterocycles. The van der Waals surface area contributed by atoms with E-state index in [4.69, 9.17) is 11.5 Å². The summed E-state index contributed by atoms with van der Waals surface area (Å²) in [5, 5.41) is 1.29. The molecule has 2 aliphatic carbocycles. The number of ketones is 1. The van der Waals surface area contributed by atoms with E-state index in [0.29, 0.717) is 24.5 Å². The second-order valence-corrected chi connectivity index (χ2v) is 11.9. The molecule has 4 N–H and O–H groups in total. The van der Waals surface area contributed by atoms with E-state index in [9.17, 15) is 4.79 Å². The molecule has 2 aliphatic rings. The fraction of sp³-hybridized carbons (Fsp3) is 0.515. The average Bonchev–Trinajstić information content (AvgIpc) is 3.27. The molecule has 2 aromatic carbocycles. The van der Waals surface area contributed by atoms with Crippen molar-refractivity contribution >= 4 is 22.6 Å². The molecule has 1 unspecified atom stereocenters. The molecule has 5 rings (SSSR count). The molecule has 0 aliphatic heterocycles. The zero-order valence-electron chi connectivity index (χ0n) is 22.9. The predicted octanol–water partition coefficient (Wildman–Crippen LogP) is 6.84. The van der Waals surface area contributed by atoms with Crippen molar-refractivity contribution in [3.8, 4) is 0 Å². The minimum absolute atomic E-state index is 0.0675. The highest BCUT2D eigenvalue weighted by molar-refractivity contribution is 5.87. The van der Waals surface area contributed by atoms with Gasteiger partial charge in [-0.25, -0.2) is 0 Å². The Hall–Kier alpha value is -3.08. The number of nitrogens with zero attached hydrogens (tertiary/aromatic N) is 2. The molecule has 0 bridgehead atoms. The van der Waals surface area contributed by atoms with E-state index in [1.807, 2.05) is 0 Å². The van der Waals surface area contributed by atoms with Crippen molar-refractivity contribution in [2.45, 2.75) is 96.1 Å². The first-order valence-corrected chi connectivity index (χ1v) is 14.7. The van der Waals surface area contributed by atoms with E-state index in [1.54, 1.807) is 0 Å². The SMILES string of the molecule is Cc1cccc(C(CC(=O)CC2CCC(N=C(N)N)CC2)c2cn(CC3CCCCC3)c3ccccc23)c1. The van der Waals surface area contributed by atoms with Crippen LogP contribution in [-0.2, 0) is 11.3 Å². The number of benzene rings is 2. The third-order valence-corrected chi connectivity index (χ3v) is 8.92. The molecule has 0 saturated heterocycles. The molecule has 2 saturated carbocycles. The number of para-hydroxylation sites is 1. The third kappa shape index (κ3) is 6.48. The van der Waals surface area contributed by atoms with Crippen molar-refractivity contribution in [1.82, 2.24) is 4.57 Å². The van der Waals surface area contributed by atoms with Gasteiger partial charge in [0, 0.05) is 42.4 Å². The summed E-state index contributed by atoms with van der Waals surface area (Å²) >= 11 is 0. The van der Waals surface area contributed by atoms with Crippen molar-refractivity contribution < 1.29 is 4.79 Å². The maximum atomic E-state index is 13.6. The van der Waals surface area contributed by atoms with Gasteiger partial charge in [-0.1, -0.05) is 67.3 Å². The summed E-state index contributed by atoms with van der Waals surface area (Å²) in [6.07, 6.45) is 14.3. The summed E-state index contributed by atoms with van der Waals surface area (Å²) in [6.45, 7) is 3.22. The van der Waals surface area contributed by atoms with Crippen molar-refractivity contribution in [3.63, 3.8) is 0 Å². The molecule has 1 atom stereocenters. The van der Waals surface area contributed by atoms with Crippen LogP contribution in [0.25, 0.3) is 10.9 Å². The molecule has 202 valence electrons. The Labute approximate surface area is 227 Å². The molecular weight excluding hydrogens is 468 g/mol. The number of guanidine groups is 1. The molecular formula is C33H44N4O. The van der Waals surface area contributed by atoms with E-state index in [-0.39, 0.29) is 17.9 Å². The lowest BCUT2D eigenvalue weighted by Crippen LogP contribution is -2.28. The lowest BCUT2D eigenvalue weighted by molar-refractivity contribution is -0.120. The van der Waals surface area contributed by atoms with Gasteiger partial charge >= 0.3 is 0 Å². The number of aliphatic imine (C=N–C) groups is 1. The fourth-order valence-corrected chi connectivity index (χ4v) is 6.97. The van der Waals surface area contributed by atoms with E-state index in [1.165, 1.54) is 59.7 Å². The standard InChI is InChI=1S/C33H44N4O/c1-23-8-7-11-26(18-23)30(20-28(38)19-24-14-16-27(17-15-24)36-33(34)35)31-22-37(21-25-9-3-2-4-10-25)32-13-6-5-12-29(31)32/h5-8,11-13,18,22,24-25,27,30H,2-4,9-10,14-17,19-21H2,1H3,(H4,34,35,36). The van der Waals surface area contributed by atoms with Crippen LogP contribution in [0.2, 0.25) is 0 Å². The van der Waals surface area contributed by atoms with Gasteiger partial charge in [-0.05, 0) is 74.5 Å². The number of nitrogens with two attached hydrogens (primary N) is 2. The summed E-state index contributed by atoms with van der Waals surface area (Å²) in [5.74, 6) is 1.79. The smallest absolute Gasteiger partial charge is 0.186 e. The maximum Gasteiger partial charge on any atom is 0.186 e. The number of carbonyl (C=O) groups is 1. The summed E-state index contributed by atoms with van der Waals surface area (Å²) < 4.78 is 2.48. The second kappa shape index (κ2) is 12.2. The van der Waals surface area contributed by atoms with Gasteiger partial charge < -0.3 is 16.0 Å². The lowest BCUT2D eigenvalue weighted by atomic mass is 9.80. The van der Waals surface area contributed by atoms with Crippen LogP contribution in [0.1, 0.15) is 93.2 Å². The van der Waals surface area contributed by atoms with E-state index in [0.717, 1.165) is 38.1 Å². The van der Waals surface area contributed by atoms with Gasteiger partial charge in [0.1, 0.15) is 5.78 Å². The zero-order valence-corrected chi connectivity index (χ0v) is 22.9. The topological polar surface area (TPSA) is 86.4 Å². The van der Waals surface area contributed by atoms with Crippen LogP contribution >= 0.6 is 0 Å². The van der Waals surface area contributed by atoms with Gasteiger partial charge in [-0.2, -0.15) is 0 Å². The first kappa shape index (κ1) is 26.5. The molecule has 3 aromatic rings. The second-order valence-electron chi connectivity index (χ2n) is 11.9. The number of aryl methyl sites for hydroxylation is 1. The maximum absolute atomic E-state index is 13.6. The highest BCUT2D eigenvalue weighted by atomic mass is 16.1. The van der Waals surface area contributed by atoms with Gasteiger partial charge in [-0.3, -0.25) is 9.79 Å². The molecule has 0 spiro atoms. The van der Waals surface area contributed by atoms with E-state index in [2.05, 4.69) is 71.2 Å². The van der Waals surface area contributed by atoms with Crippen LogP contribution in [0.3, 0.4) is 0 Å². The van der Waals surface area contributed by atoms with Gasteiger partial charge in [-0.15, -0.1) is 0 Å². The van der Waals surface area contributed by atoms with Crippen molar-refractivity contribution in [1.29, 1.82) is 0 Å². The quantitative estimate of drug-likeness (QED) is 0.243. The van der Waals surface area contributed by atoms with Crippen LogP contribution in [-0.4, -0.2) is 22.4 Å². The first-order valence-electron chi connectivity index (χ1n) is 14.7. The van der Waals surface area contributed by atoms with Crippen LogP contribution in [0.15, 0.2) is 59.7 Å². The molecule has 0 radical (unpaired) electrons. The highest BCUT2D eigenvalue weighted by Crippen LogP contribution is 2.38. The van der Waals surface area contributed by atoms with Gasteiger partial charge in [0.15, 0.2) is 5.96 Å². The summed E-state index contributed by atoms with van der Waals surface area (Å²) in [7, 11) is 0. The predicted molar refractivity (Wildman–Crippen MR) is 157 cm³/mol. The van der Waals surface area contributed by atoms with Gasteiger partial charge in [0.2, 0.25) is 0 Å². The number of carbonyl (C=O) groups excluding carboxylic acids is 1. The van der Waals surface area contributed by atoms with E-state index < -0.39 is 0 Å². The largest absolute Gasteiger partial charge is 0.370 e. The number of Topliss-reactive ketones (excluding diaryl/α,β-unsaturated/α-hetero) is 1. The third-order valence-electron chi connectivity index (χ3n) is 8.92. The number of hydrogen-bond donors (Lipinski definition) is 2. The molecule has 38 heavy (non-hydrogen) atoms. The Balaban J connectivity index is 1.39. The van der Waals surface area contributed by atoms with Crippen LogP contribution < -0.4 is 11.5 Å². The van der Waals surface area contributed by atoms with E-state index >= 15 is 0 Å². The highest BCUT2D eigenvalue weighted by Gasteiger charge is 2.27. The molecule has 1 heterocycles. The Kier molecular flexibility index (Phi) is 8.51.